The molecule has 0 saturated carbocycles. The highest BCUT2D eigenvalue weighted by Gasteiger charge is 2.32. The van der Waals surface area contributed by atoms with Gasteiger partial charge in [-0.3, -0.25) is 9.59 Å². The molecule has 0 spiro atoms. The summed E-state index contributed by atoms with van der Waals surface area (Å²) in [5.74, 6) is -0.519. The highest BCUT2D eigenvalue weighted by atomic mass is 79.9. The minimum absolute atomic E-state index is 0.0766. The molecule has 2 aromatic rings. The van der Waals surface area contributed by atoms with E-state index in [1.54, 1.807) is 11.3 Å². The molecule has 6 nitrogen and oxygen atoms in total. The van der Waals surface area contributed by atoms with Crippen molar-refractivity contribution in [3.63, 3.8) is 0 Å². The summed E-state index contributed by atoms with van der Waals surface area (Å²) in [5.41, 5.74) is 7.06. The van der Waals surface area contributed by atoms with Crippen LogP contribution in [0.3, 0.4) is 0 Å². The predicted molar refractivity (Wildman–Crippen MR) is 103 cm³/mol. The lowest BCUT2D eigenvalue weighted by atomic mass is 10.0. The van der Waals surface area contributed by atoms with Gasteiger partial charge in [-0.1, -0.05) is 34.1 Å². The zero-order valence-electron chi connectivity index (χ0n) is 14.2. The van der Waals surface area contributed by atoms with Crippen LogP contribution in [0, 0.1) is 0 Å². The van der Waals surface area contributed by atoms with Crippen LogP contribution in [0.5, 0.6) is 0 Å². The van der Waals surface area contributed by atoms with E-state index >= 15 is 0 Å². The van der Waals surface area contributed by atoms with Crippen LogP contribution in [0.1, 0.15) is 35.4 Å². The van der Waals surface area contributed by atoms with Gasteiger partial charge in [0.1, 0.15) is 6.04 Å². The van der Waals surface area contributed by atoms with Crippen LogP contribution in [-0.4, -0.2) is 25.0 Å². The molecular formula is C18H20BrN3O3S. The molecule has 1 aromatic carbocycles. The van der Waals surface area contributed by atoms with E-state index in [0.29, 0.717) is 6.42 Å². The van der Waals surface area contributed by atoms with Gasteiger partial charge in [0.05, 0.1) is 25.6 Å². The lowest BCUT2D eigenvalue weighted by Gasteiger charge is -2.20. The first kappa shape index (κ1) is 19.0. The van der Waals surface area contributed by atoms with E-state index in [4.69, 9.17) is 4.74 Å². The fourth-order valence-corrected chi connectivity index (χ4v) is 4.11. The van der Waals surface area contributed by atoms with Gasteiger partial charge in [0.25, 0.3) is 0 Å². The maximum atomic E-state index is 12.7. The Morgan fingerprint density at radius 1 is 1.35 bits per heavy atom. The maximum Gasteiger partial charge on any atom is 0.307 e. The SMILES string of the molecule is COC(=O)CC(NC(=O)C1CC(c2cccs2)NN1)c1cccc(Br)c1. The first-order valence-corrected chi connectivity index (χ1v) is 9.91. The number of halogens is 1. The van der Waals surface area contributed by atoms with Gasteiger partial charge in [-0.05, 0) is 35.6 Å². The van der Waals surface area contributed by atoms with Gasteiger partial charge in [-0.15, -0.1) is 11.3 Å². The van der Waals surface area contributed by atoms with Crippen LogP contribution in [0.25, 0.3) is 0 Å². The Balaban J connectivity index is 1.68. The van der Waals surface area contributed by atoms with Crippen LogP contribution in [0.4, 0.5) is 0 Å². The lowest BCUT2D eigenvalue weighted by molar-refractivity contribution is -0.141. The second-order valence-corrected chi connectivity index (χ2v) is 7.94. The van der Waals surface area contributed by atoms with E-state index in [0.717, 1.165) is 10.0 Å². The van der Waals surface area contributed by atoms with Crippen molar-refractivity contribution in [2.45, 2.75) is 31.0 Å². The summed E-state index contributed by atoms with van der Waals surface area (Å²) in [7, 11) is 1.34. The molecule has 0 radical (unpaired) electrons. The molecule has 3 N–H and O–H groups in total. The monoisotopic (exact) mass is 437 g/mol. The average molecular weight is 438 g/mol. The van der Waals surface area contributed by atoms with E-state index in [1.807, 2.05) is 41.8 Å². The molecule has 1 saturated heterocycles. The highest BCUT2D eigenvalue weighted by molar-refractivity contribution is 9.10. The number of hydrogen-bond donors (Lipinski definition) is 3. The molecule has 1 aromatic heterocycles. The Morgan fingerprint density at radius 2 is 2.19 bits per heavy atom. The van der Waals surface area contributed by atoms with Crippen molar-refractivity contribution in [1.29, 1.82) is 0 Å². The molecule has 2 heterocycles. The van der Waals surface area contributed by atoms with Crippen molar-refractivity contribution in [3.05, 3.63) is 56.7 Å². The van der Waals surface area contributed by atoms with E-state index < -0.39 is 6.04 Å². The van der Waals surface area contributed by atoms with Gasteiger partial charge in [0.15, 0.2) is 0 Å². The van der Waals surface area contributed by atoms with Crippen LogP contribution < -0.4 is 16.2 Å². The van der Waals surface area contributed by atoms with Crippen molar-refractivity contribution >= 4 is 39.1 Å². The van der Waals surface area contributed by atoms with Gasteiger partial charge in [-0.25, -0.2) is 10.9 Å². The molecule has 3 unspecified atom stereocenters. The van der Waals surface area contributed by atoms with Gasteiger partial charge in [-0.2, -0.15) is 0 Å². The second kappa shape index (κ2) is 8.77. The number of thiophene rings is 1. The molecule has 0 aliphatic carbocycles. The molecular weight excluding hydrogens is 418 g/mol. The predicted octanol–water partition coefficient (Wildman–Crippen LogP) is 2.84. The van der Waals surface area contributed by atoms with Crippen molar-refractivity contribution in [2.24, 2.45) is 0 Å². The Labute approximate surface area is 164 Å². The van der Waals surface area contributed by atoms with Crippen LogP contribution in [0.15, 0.2) is 46.3 Å². The van der Waals surface area contributed by atoms with Crippen molar-refractivity contribution in [2.75, 3.05) is 7.11 Å². The molecule has 1 fully saturated rings. The molecule has 1 amide bonds. The Bertz CT molecular complexity index is 769. The summed E-state index contributed by atoms with van der Waals surface area (Å²) in [6.45, 7) is 0. The standard InChI is InChI=1S/C18H20BrN3O3S/c1-25-17(23)10-13(11-4-2-5-12(19)8-11)20-18(24)15-9-14(21-22-15)16-6-3-7-26-16/h2-8,13-15,21-22H,9-10H2,1H3,(H,20,24). The van der Waals surface area contributed by atoms with Crippen LogP contribution in [0.2, 0.25) is 0 Å². The number of methoxy groups -OCH3 is 1. The quantitative estimate of drug-likeness (QED) is 0.605. The molecule has 1 aliphatic heterocycles. The summed E-state index contributed by atoms with van der Waals surface area (Å²) in [4.78, 5) is 25.7. The fraction of sp³-hybridized carbons (Fsp3) is 0.333. The number of esters is 1. The topological polar surface area (TPSA) is 79.5 Å². The number of rotatable bonds is 6. The van der Waals surface area contributed by atoms with Gasteiger partial charge < -0.3 is 10.1 Å². The normalized spacial score (nSPS) is 20.5. The minimum Gasteiger partial charge on any atom is -0.469 e. The third-order valence-corrected chi connectivity index (χ3v) is 5.75. The summed E-state index contributed by atoms with van der Waals surface area (Å²) in [6, 6.07) is 10.9. The Kier molecular flexibility index (Phi) is 6.42. The zero-order chi connectivity index (χ0) is 18.5. The van der Waals surface area contributed by atoms with Gasteiger partial charge >= 0.3 is 5.97 Å². The minimum atomic E-state index is -0.449. The second-order valence-electron chi connectivity index (χ2n) is 6.04. The maximum absolute atomic E-state index is 12.7. The number of amides is 1. The van der Waals surface area contributed by atoms with Crippen LogP contribution >= 0.6 is 27.3 Å². The van der Waals surface area contributed by atoms with Crippen molar-refractivity contribution in [3.8, 4) is 0 Å². The van der Waals surface area contributed by atoms with E-state index in [1.165, 1.54) is 12.0 Å². The van der Waals surface area contributed by atoms with Crippen molar-refractivity contribution < 1.29 is 14.3 Å². The summed E-state index contributed by atoms with van der Waals surface area (Å²) < 4.78 is 5.66. The first-order valence-electron chi connectivity index (χ1n) is 8.24. The van der Waals surface area contributed by atoms with Gasteiger partial charge in [0, 0.05) is 9.35 Å². The molecule has 26 heavy (non-hydrogen) atoms. The third kappa shape index (κ3) is 4.70. The average Bonchev–Trinajstić information content (AvgIpc) is 3.32. The van der Waals surface area contributed by atoms with Gasteiger partial charge in [0.2, 0.25) is 5.91 Å². The Hall–Kier alpha value is -1.74. The number of hydrogen-bond acceptors (Lipinski definition) is 6. The lowest BCUT2D eigenvalue weighted by Crippen LogP contribution is -2.44. The number of benzene rings is 1. The number of hydrazine groups is 1. The number of ether oxygens (including phenoxy) is 1. The molecule has 0 bridgehead atoms. The summed E-state index contributed by atoms with van der Waals surface area (Å²) in [6.07, 6.45) is 0.725. The van der Waals surface area contributed by atoms with Crippen molar-refractivity contribution in [1.82, 2.24) is 16.2 Å². The summed E-state index contributed by atoms with van der Waals surface area (Å²) >= 11 is 5.08. The van der Waals surface area contributed by atoms with E-state index in [-0.39, 0.29) is 30.4 Å². The molecule has 3 atom stereocenters. The smallest absolute Gasteiger partial charge is 0.307 e. The van der Waals surface area contributed by atoms with Crippen LogP contribution in [-0.2, 0) is 14.3 Å². The number of carbonyl (C=O) groups excluding carboxylic acids is 2. The Morgan fingerprint density at radius 3 is 2.88 bits per heavy atom. The van der Waals surface area contributed by atoms with E-state index in [2.05, 4.69) is 32.1 Å². The van der Waals surface area contributed by atoms with E-state index in [9.17, 15) is 9.59 Å². The summed E-state index contributed by atoms with van der Waals surface area (Å²) in [5, 5.41) is 4.99. The largest absolute Gasteiger partial charge is 0.469 e. The first-order chi connectivity index (χ1) is 12.6. The number of carbonyl (C=O) groups is 2. The molecule has 8 heteroatoms. The third-order valence-electron chi connectivity index (χ3n) is 4.27. The highest BCUT2D eigenvalue weighted by Crippen LogP contribution is 2.27. The molecule has 1 aliphatic rings. The fourth-order valence-electron chi connectivity index (χ4n) is 2.90. The zero-order valence-corrected chi connectivity index (χ0v) is 16.6. The molecule has 138 valence electrons. The molecule has 3 rings (SSSR count). The number of nitrogens with one attached hydrogen (secondary N) is 3.